The molecular weight excluding hydrogens is 382 g/mol. The molecule has 0 N–H and O–H groups in total. The summed E-state index contributed by atoms with van der Waals surface area (Å²) in [6.07, 6.45) is 0. The average molecular weight is 401 g/mol. The molecule has 0 amide bonds. The summed E-state index contributed by atoms with van der Waals surface area (Å²) >= 11 is 0. The predicted octanol–water partition coefficient (Wildman–Crippen LogP) is 3.49. The van der Waals surface area contributed by atoms with Crippen LogP contribution in [-0.2, 0) is 11.3 Å². The molecule has 0 spiro atoms. The van der Waals surface area contributed by atoms with Crippen molar-refractivity contribution in [2.24, 2.45) is 0 Å². The van der Waals surface area contributed by atoms with Gasteiger partial charge in [-0.3, -0.25) is 14.4 Å². The Morgan fingerprint density at radius 3 is 1.97 bits per heavy atom. The van der Waals surface area contributed by atoms with Gasteiger partial charge < -0.3 is 9.30 Å². The molecule has 6 heteroatoms. The molecular formula is C24H19NO5. The van der Waals surface area contributed by atoms with Crippen LogP contribution in [-0.4, -0.2) is 28.7 Å². The lowest BCUT2D eigenvalue weighted by atomic mass is 9.81. The Morgan fingerprint density at radius 1 is 0.833 bits per heavy atom. The monoisotopic (exact) mass is 401 g/mol. The van der Waals surface area contributed by atoms with Crippen molar-refractivity contribution in [2.75, 3.05) is 6.61 Å². The summed E-state index contributed by atoms with van der Waals surface area (Å²) in [6, 6.07) is 15.2. The van der Waals surface area contributed by atoms with E-state index < -0.39 is 23.1 Å². The number of hydrogen-bond acceptors (Lipinski definition) is 5. The zero-order valence-corrected chi connectivity index (χ0v) is 16.6. The van der Waals surface area contributed by atoms with Crippen molar-refractivity contribution in [1.82, 2.24) is 4.57 Å². The second-order valence-electron chi connectivity index (χ2n) is 6.81. The molecule has 0 saturated carbocycles. The van der Waals surface area contributed by atoms with E-state index in [1.165, 1.54) is 16.7 Å². The maximum absolute atomic E-state index is 13.4. The van der Waals surface area contributed by atoms with E-state index in [4.69, 9.17) is 4.74 Å². The minimum atomic E-state index is -0.740. The van der Waals surface area contributed by atoms with Crippen LogP contribution in [0.2, 0.25) is 0 Å². The average Bonchev–Trinajstić information content (AvgIpc) is 2.77. The lowest BCUT2D eigenvalue weighted by Crippen LogP contribution is -2.37. The minimum absolute atomic E-state index is 0.0487. The minimum Gasteiger partial charge on any atom is -0.462 e. The molecule has 6 nitrogen and oxygen atoms in total. The Hall–Kier alpha value is -3.80. The second-order valence-corrected chi connectivity index (χ2v) is 6.81. The number of ether oxygens (including phenoxy) is 1. The summed E-state index contributed by atoms with van der Waals surface area (Å²) in [5.74, 6) is -1.83. The molecule has 0 aliphatic heterocycles. The third kappa shape index (κ3) is 2.80. The Morgan fingerprint density at radius 2 is 1.40 bits per heavy atom. The largest absolute Gasteiger partial charge is 0.462 e. The Bertz CT molecular complexity index is 1250. The first-order chi connectivity index (χ1) is 14.5. The number of rotatable bonds is 4. The van der Waals surface area contributed by atoms with Crippen molar-refractivity contribution in [3.63, 3.8) is 0 Å². The number of nitrogens with zero attached hydrogens (tertiary/aromatic N) is 1. The predicted molar refractivity (Wildman–Crippen MR) is 111 cm³/mol. The summed E-state index contributed by atoms with van der Waals surface area (Å²) in [5, 5.41) is 0. The van der Waals surface area contributed by atoms with Gasteiger partial charge in [0.25, 0.3) is 5.56 Å². The van der Waals surface area contributed by atoms with Gasteiger partial charge in [-0.2, -0.15) is 0 Å². The molecule has 0 bridgehead atoms. The number of pyridine rings is 1. The number of benzene rings is 2. The van der Waals surface area contributed by atoms with Crippen molar-refractivity contribution in [1.29, 1.82) is 0 Å². The van der Waals surface area contributed by atoms with Crippen molar-refractivity contribution < 1.29 is 19.1 Å². The van der Waals surface area contributed by atoms with Crippen LogP contribution in [0.25, 0.3) is 11.3 Å². The van der Waals surface area contributed by atoms with E-state index >= 15 is 0 Å². The summed E-state index contributed by atoms with van der Waals surface area (Å²) in [6.45, 7) is 3.71. The Kier molecular flexibility index (Phi) is 4.91. The van der Waals surface area contributed by atoms with Crippen LogP contribution >= 0.6 is 0 Å². The smallest absolute Gasteiger partial charge is 0.341 e. The van der Waals surface area contributed by atoms with E-state index in [-0.39, 0.29) is 46.7 Å². The van der Waals surface area contributed by atoms with E-state index in [1.54, 1.807) is 50.2 Å². The van der Waals surface area contributed by atoms with E-state index in [0.717, 1.165) is 0 Å². The summed E-state index contributed by atoms with van der Waals surface area (Å²) in [4.78, 5) is 53.0. The zero-order chi connectivity index (χ0) is 21.4. The second kappa shape index (κ2) is 7.55. The number of ketones is 2. The molecule has 2 aromatic carbocycles. The fourth-order valence-corrected chi connectivity index (χ4v) is 3.91. The Balaban J connectivity index is 2.19. The molecule has 4 rings (SSSR count). The van der Waals surface area contributed by atoms with Crippen LogP contribution < -0.4 is 5.56 Å². The van der Waals surface area contributed by atoms with Gasteiger partial charge in [0, 0.05) is 17.7 Å². The van der Waals surface area contributed by atoms with Crippen LogP contribution in [0.3, 0.4) is 0 Å². The van der Waals surface area contributed by atoms with Gasteiger partial charge in [-0.1, -0.05) is 54.6 Å². The van der Waals surface area contributed by atoms with Gasteiger partial charge in [0.05, 0.1) is 23.4 Å². The fourth-order valence-electron chi connectivity index (χ4n) is 3.91. The molecule has 150 valence electrons. The van der Waals surface area contributed by atoms with Gasteiger partial charge >= 0.3 is 5.97 Å². The van der Waals surface area contributed by atoms with Crippen molar-refractivity contribution in [3.05, 3.63) is 92.8 Å². The Labute approximate surface area is 172 Å². The molecule has 0 saturated heterocycles. The van der Waals surface area contributed by atoms with Gasteiger partial charge in [0.2, 0.25) is 0 Å². The van der Waals surface area contributed by atoms with E-state index in [1.807, 2.05) is 6.07 Å². The maximum Gasteiger partial charge on any atom is 0.341 e. The van der Waals surface area contributed by atoms with E-state index in [0.29, 0.717) is 5.56 Å². The third-order valence-electron chi connectivity index (χ3n) is 5.18. The highest BCUT2D eigenvalue weighted by atomic mass is 16.5. The first-order valence-electron chi connectivity index (χ1n) is 9.72. The molecule has 1 heterocycles. The van der Waals surface area contributed by atoms with Gasteiger partial charge in [-0.25, -0.2) is 4.79 Å². The van der Waals surface area contributed by atoms with Gasteiger partial charge in [0.15, 0.2) is 11.6 Å². The number of esters is 1. The van der Waals surface area contributed by atoms with E-state index in [9.17, 15) is 19.2 Å². The van der Waals surface area contributed by atoms with Gasteiger partial charge in [-0.15, -0.1) is 0 Å². The molecule has 1 aliphatic carbocycles. The highest BCUT2D eigenvalue weighted by molar-refractivity contribution is 6.31. The molecule has 0 radical (unpaired) electrons. The fraction of sp³-hybridized carbons (Fsp3) is 0.167. The molecule has 0 fully saturated rings. The number of carbonyl (C=O) groups is 3. The van der Waals surface area contributed by atoms with Crippen LogP contribution in [0, 0.1) is 0 Å². The highest BCUT2D eigenvalue weighted by Crippen LogP contribution is 2.33. The number of hydrogen-bond donors (Lipinski definition) is 0. The highest BCUT2D eigenvalue weighted by Gasteiger charge is 2.39. The number of fused-ring (bicyclic) bond motifs is 2. The maximum atomic E-state index is 13.4. The van der Waals surface area contributed by atoms with Crippen LogP contribution in [0.4, 0.5) is 0 Å². The SMILES string of the molecule is CCOC(=O)c1c2c(c(=O)n(CC)c1-c1ccccc1)C(=O)c1ccccc1C2=O. The molecule has 1 aromatic heterocycles. The summed E-state index contributed by atoms with van der Waals surface area (Å²) < 4.78 is 6.61. The van der Waals surface area contributed by atoms with Crippen molar-refractivity contribution >= 4 is 17.5 Å². The molecule has 3 aromatic rings. The quantitative estimate of drug-likeness (QED) is 0.489. The number of carbonyl (C=O) groups excluding carboxylic acids is 3. The van der Waals surface area contributed by atoms with E-state index in [2.05, 4.69) is 0 Å². The van der Waals surface area contributed by atoms with Gasteiger partial charge in [-0.05, 0) is 19.4 Å². The van der Waals surface area contributed by atoms with Crippen molar-refractivity contribution in [3.8, 4) is 11.3 Å². The van der Waals surface area contributed by atoms with Gasteiger partial charge in [0.1, 0.15) is 5.56 Å². The van der Waals surface area contributed by atoms with Crippen LogP contribution in [0.1, 0.15) is 56.0 Å². The lowest BCUT2D eigenvalue weighted by Gasteiger charge is -2.24. The van der Waals surface area contributed by atoms with Crippen molar-refractivity contribution in [2.45, 2.75) is 20.4 Å². The molecule has 30 heavy (non-hydrogen) atoms. The molecule has 0 atom stereocenters. The topological polar surface area (TPSA) is 82.4 Å². The van der Waals surface area contributed by atoms with Crippen LogP contribution in [0.5, 0.6) is 0 Å². The molecule has 0 unspecified atom stereocenters. The third-order valence-corrected chi connectivity index (χ3v) is 5.18. The standard InChI is InChI=1S/C24H19NO5/c1-3-25-20(14-10-6-5-7-11-14)18(24(29)30-4-2)17-19(23(25)28)22(27)16-13-9-8-12-15(16)21(17)26/h5-13H,3-4H2,1-2H3. The normalized spacial score (nSPS) is 12.3. The summed E-state index contributed by atoms with van der Waals surface area (Å²) in [5.41, 5.74) is 0.112. The first kappa shape index (κ1) is 19.5. The summed E-state index contributed by atoms with van der Waals surface area (Å²) in [7, 11) is 0. The molecule has 1 aliphatic rings. The number of aromatic nitrogens is 1. The zero-order valence-electron chi connectivity index (χ0n) is 16.6. The first-order valence-corrected chi connectivity index (χ1v) is 9.72. The lowest BCUT2D eigenvalue weighted by molar-refractivity contribution is 0.0523. The van der Waals surface area contributed by atoms with Crippen LogP contribution in [0.15, 0.2) is 59.4 Å².